The molecule has 17 nitrogen and oxygen atoms in total. The maximum absolute atomic E-state index is 16.0. The number of aliphatic hydroxyl groups is 1. The molecule has 2 aliphatic heterocycles. The number of ether oxygens (including phenoxy) is 2. The molecular formula is C50H56F10N10O7. The van der Waals surface area contributed by atoms with Crippen molar-refractivity contribution in [2.24, 2.45) is 16.7 Å². The average Bonchev–Trinajstić information content (AvgIpc) is 4.00. The summed E-state index contributed by atoms with van der Waals surface area (Å²) in [6.07, 6.45) is -9.49. The first kappa shape index (κ1) is 59.2. The maximum atomic E-state index is 16.0. The lowest BCUT2D eigenvalue weighted by molar-refractivity contribution is -0.231. The van der Waals surface area contributed by atoms with Gasteiger partial charge in [0.1, 0.15) is 17.7 Å². The van der Waals surface area contributed by atoms with E-state index in [1.807, 2.05) is 5.32 Å². The number of methoxy groups -OCH3 is 2. The molecule has 2 fully saturated rings. The monoisotopic (exact) mass is 1100 g/mol. The first-order valence-corrected chi connectivity index (χ1v) is 23.9. The molecule has 2 aromatic carbocycles. The summed E-state index contributed by atoms with van der Waals surface area (Å²) < 4.78 is 155. The van der Waals surface area contributed by atoms with E-state index < -0.39 is 121 Å². The fraction of sp³-hybridized carbons (Fsp3) is 0.500. The van der Waals surface area contributed by atoms with Crippen molar-refractivity contribution in [3.8, 4) is 23.1 Å². The fourth-order valence-electron chi connectivity index (χ4n) is 8.65. The summed E-state index contributed by atoms with van der Waals surface area (Å²) in [5.41, 5.74) is -4.34. The zero-order valence-corrected chi connectivity index (χ0v) is 42.3. The number of aliphatic hydroxyl groups excluding tert-OH is 1. The van der Waals surface area contributed by atoms with E-state index in [-0.39, 0.29) is 21.5 Å². The largest absolute Gasteiger partial charge is 0.469 e. The van der Waals surface area contributed by atoms with Crippen LogP contribution in [0, 0.1) is 40.2 Å². The summed E-state index contributed by atoms with van der Waals surface area (Å²) in [5, 5.41) is 23.8. The molecule has 0 spiro atoms. The van der Waals surface area contributed by atoms with E-state index in [9.17, 15) is 59.4 Å². The number of rotatable bonds is 19. The predicted octanol–water partition coefficient (Wildman–Crippen LogP) is 6.36. The Hall–Kier alpha value is -7.05. The Morgan fingerprint density at radius 1 is 0.831 bits per heavy atom. The molecule has 2 aromatic heterocycles. The van der Waals surface area contributed by atoms with Crippen molar-refractivity contribution in [2.75, 3.05) is 38.8 Å². The van der Waals surface area contributed by atoms with E-state index >= 15 is 8.78 Å². The van der Waals surface area contributed by atoms with E-state index in [2.05, 4.69) is 57.3 Å². The third-order valence-electron chi connectivity index (χ3n) is 13.6. The van der Waals surface area contributed by atoms with Gasteiger partial charge in [0, 0.05) is 73.5 Å². The van der Waals surface area contributed by atoms with Crippen LogP contribution in [0.1, 0.15) is 75.8 Å². The van der Waals surface area contributed by atoms with Gasteiger partial charge < -0.3 is 35.4 Å². The number of hydrazine groups is 1. The fourth-order valence-corrected chi connectivity index (χ4v) is 8.65. The zero-order valence-electron chi connectivity index (χ0n) is 42.3. The second-order valence-corrected chi connectivity index (χ2v) is 19.7. The van der Waals surface area contributed by atoms with Gasteiger partial charge in [-0.2, -0.15) is 40.2 Å². The van der Waals surface area contributed by atoms with Crippen molar-refractivity contribution in [1.29, 1.82) is 0 Å². The molecule has 5 N–H and O–H groups in total. The van der Waals surface area contributed by atoms with Crippen LogP contribution in [-0.4, -0.2) is 130 Å². The zero-order chi connectivity index (χ0) is 56.8. The minimum Gasteiger partial charge on any atom is -0.469 e. The Labute approximate surface area is 435 Å². The number of aromatic nitrogens is 4. The van der Waals surface area contributed by atoms with Gasteiger partial charge in [-0.25, -0.2) is 33.2 Å². The van der Waals surface area contributed by atoms with Crippen molar-refractivity contribution >= 4 is 29.8 Å². The Morgan fingerprint density at radius 3 is 1.95 bits per heavy atom. The van der Waals surface area contributed by atoms with Gasteiger partial charge in [0.15, 0.2) is 0 Å². The molecule has 77 heavy (non-hydrogen) atoms. The van der Waals surface area contributed by atoms with E-state index in [4.69, 9.17) is 0 Å². The maximum Gasteiger partial charge on any atom is 0.407 e. The minimum absolute atomic E-state index is 0.202. The number of nitrogens with one attached hydrogen (secondary N) is 4. The number of carbonyl (C=O) groups excluding carboxylic acids is 4. The molecule has 4 aromatic rings. The highest BCUT2D eigenvalue weighted by molar-refractivity contribution is 5.87. The Bertz CT molecular complexity index is 2770. The number of hydrogen-bond donors (Lipinski definition) is 5. The molecule has 2 aliphatic rings. The number of alkyl halides is 8. The van der Waals surface area contributed by atoms with E-state index in [0.717, 1.165) is 52.4 Å². The summed E-state index contributed by atoms with van der Waals surface area (Å²) in [7, 11) is 1.66. The second kappa shape index (κ2) is 24.1. The van der Waals surface area contributed by atoms with Gasteiger partial charge in [-0.05, 0) is 69.0 Å². The third-order valence-corrected chi connectivity index (χ3v) is 13.6. The summed E-state index contributed by atoms with van der Waals surface area (Å²) in [4.78, 5) is 64.0. The van der Waals surface area contributed by atoms with Crippen molar-refractivity contribution in [3.05, 3.63) is 94.9 Å². The molecule has 2 unspecified atom stereocenters. The normalized spacial score (nSPS) is 17.5. The van der Waals surface area contributed by atoms with Crippen LogP contribution in [0.3, 0.4) is 0 Å². The van der Waals surface area contributed by atoms with Crippen LogP contribution in [0.25, 0.3) is 11.3 Å². The molecular weight excluding hydrogens is 1040 g/mol. The number of esters is 1. The van der Waals surface area contributed by atoms with Gasteiger partial charge in [-0.3, -0.25) is 19.8 Å². The van der Waals surface area contributed by atoms with Crippen molar-refractivity contribution in [3.63, 3.8) is 0 Å². The second-order valence-electron chi connectivity index (χ2n) is 19.7. The molecule has 0 aliphatic carbocycles. The summed E-state index contributed by atoms with van der Waals surface area (Å²) >= 11 is 0. The lowest BCUT2D eigenvalue weighted by atomic mass is 9.75. The van der Waals surface area contributed by atoms with Crippen LogP contribution >= 0.6 is 0 Å². The van der Waals surface area contributed by atoms with E-state index in [1.165, 1.54) is 24.3 Å². The number of nitrogens with zero attached hydrogens (tertiary/aromatic N) is 6. The number of halogens is 10. The Morgan fingerprint density at radius 2 is 1.42 bits per heavy atom. The summed E-state index contributed by atoms with van der Waals surface area (Å²) in [6, 6.07) is 4.88. The first-order chi connectivity index (χ1) is 36.0. The highest BCUT2D eigenvalue weighted by Crippen LogP contribution is 2.45. The van der Waals surface area contributed by atoms with Crippen LogP contribution in [0.2, 0.25) is 0 Å². The molecule has 4 heterocycles. The third kappa shape index (κ3) is 14.5. The lowest BCUT2D eigenvalue weighted by Crippen LogP contribution is -2.62. The Balaban J connectivity index is 1.34. The molecule has 6 atom stereocenters. The van der Waals surface area contributed by atoms with Gasteiger partial charge in [0.05, 0.1) is 60.8 Å². The Kier molecular flexibility index (Phi) is 18.5. The topological polar surface area (TPSA) is 205 Å². The predicted molar refractivity (Wildman–Crippen MR) is 255 cm³/mol. The van der Waals surface area contributed by atoms with Crippen molar-refractivity contribution in [2.45, 2.75) is 109 Å². The quantitative estimate of drug-likeness (QED) is 0.0301. The highest BCUT2D eigenvalue weighted by atomic mass is 19.4. The summed E-state index contributed by atoms with van der Waals surface area (Å²) in [6.45, 7) is -1.42. The number of carbonyl (C=O) groups is 4. The molecule has 0 saturated carbocycles. The highest BCUT2D eigenvalue weighted by Gasteiger charge is 2.57. The molecule has 3 amide bonds. The van der Waals surface area contributed by atoms with Crippen LogP contribution in [0.15, 0.2) is 61.1 Å². The lowest BCUT2D eigenvalue weighted by Gasteiger charge is -2.38. The van der Waals surface area contributed by atoms with Crippen molar-refractivity contribution < 1.29 is 77.7 Å². The van der Waals surface area contributed by atoms with E-state index in [0.29, 0.717) is 74.0 Å². The number of benzene rings is 2. The van der Waals surface area contributed by atoms with Gasteiger partial charge >= 0.3 is 31.0 Å². The van der Waals surface area contributed by atoms with Gasteiger partial charge in [-0.15, -0.1) is 0 Å². The molecule has 0 radical (unpaired) electrons. The summed E-state index contributed by atoms with van der Waals surface area (Å²) in [5.74, 6) is -3.06. The molecule has 418 valence electrons. The van der Waals surface area contributed by atoms with Gasteiger partial charge in [0.25, 0.3) is 0 Å². The van der Waals surface area contributed by atoms with Crippen LogP contribution < -0.4 is 26.3 Å². The molecule has 2 bridgehead atoms. The number of hydrogen-bond acceptors (Lipinski definition) is 13. The SMILES string of the molecule is COC(=O)C[C@H](C(=O)NN(Cc1c(F)cc(-c2ccn(C(F)F)n2)cc1F)C[C@H](O)[C@H](Cc1ccc(C#Cc2cnc(N3CC4CCC(C3)N4)nc2)cc1)NC(=O)[C@@H](NC(=O)OC)C(C)(C)C(F)(F)F)C(C)(C)C(F)(F)F. The van der Waals surface area contributed by atoms with E-state index in [1.54, 1.807) is 12.4 Å². The molecule has 27 heteroatoms. The number of alkyl carbamates (subject to hydrolysis) is 1. The number of anilines is 1. The van der Waals surface area contributed by atoms with Crippen LogP contribution in [0.5, 0.6) is 0 Å². The standard InChI is InChI=1S/C50H56F10N10O7/c1-47(2,49(55,56)57)34(20-40(72)76-5)42(73)67-69(25-33-35(51)18-30(19-36(33)52)37-15-16-70(66-37)44(53)54)26-39(71)38(64-43(74)41(65-46(75)77-6)48(3,4)50(58,59)60)17-28-10-7-27(8-11-28)9-12-29-21-61-45(62-22-29)68-23-31-13-14-32(24-68)63-31/h7-8,10-11,15-16,18-19,21-22,31-32,34,38-39,41,44,63,71H,13-14,17,20,23-26H2,1-6H3,(H,64,74)(H,65,75)(H,67,73)/t31?,32?,34-,38+,39+,41-/m1/s1. The number of piperazine rings is 1. The minimum atomic E-state index is -5.17. The number of amides is 3. The number of fused-ring (bicyclic) bond motifs is 2. The molecule has 6 rings (SSSR count). The van der Waals surface area contributed by atoms with Crippen LogP contribution in [-0.2, 0) is 36.8 Å². The first-order valence-electron chi connectivity index (χ1n) is 23.9. The van der Waals surface area contributed by atoms with Crippen LogP contribution in [0.4, 0.5) is 54.6 Å². The van der Waals surface area contributed by atoms with Gasteiger partial charge in [-0.1, -0.05) is 37.8 Å². The smallest absolute Gasteiger partial charge is 0.407 e. The van der Waals surface area contributed by atoms with Crippen molar-refractivity contribution in [1.82, 2.24) is 46.1 Å². The van der Waals surface area contributed by atoms with Gasteiger partial charge in [0.2, 0.25) is 17.8 Å². The molecule has 2 saturated heterocycles. The average molecular weight is 1100 g/mol.